The Labute approximate surface area is 137 Å². The third-order valence-electron chi connectivity index (χ3n) is 2.94. The average Bonchev–Trinajstić information content (AvgIpc) is 2.44. The zero-order valence-corrected chi connectivity index (χ0v) is 13.3. The third kappa shape index (κ3) is 4.44. The van der Waals surface area contributed by atoms with Crippen LogP contribution < -0.4 is 10.6 Å². The van der Waals surface area contributed by atoms with E-state index in [2.05, 4.69) is 26.6 Å². The number of hydrogen-bond donors (Lipinski definition) is 2. The number of amides is 2. The zero-order valence-electron chi connectivity index (χ0n) is 11.8. The van der Waals surface area contributed by atoms with E-state index in [4.69, 9.17) is 0 Å². The molecular weight excluding hydrogens is 380 g/mol. The maximum absolute atomic E-state index is 13.7. The van der Waals surface area contributed by atoms with Crippen molar-refractivity contribution in [2.45, 2.75) is 13.1 Å². The van der Waals surface area contributed by atoms with Gasteiger partial charge in [-0.15, -0.1) is 0 Å². The summed E-state index contributed by atoms with van der Waals surface area (Å²) in [4.78, 5) is 11.8. The summed E-state index contributed by atoms with van der Waals surface area (Å²) < 4.78 is 52.1. The van der Waals surface area contributed by atoms with Crippen LogP contribution in [0.15, 0.2) is 40.9 Å². The van der Waals surface area contributed by atoms with Crippen molar-refractivity contribution in [3.05, 3.63) is 57.8 Å². The molecule has 2 rings (SSSR count). The topological polar surface area (TPSA) is 41.1 Å². The molecule has 0 heterocycles. The van der Waals surface area contributed by atoms with Gasteiger partial charge in [0.1, 0.15) is 5.82 Å². The summed E-state index contributed by atoms with van der Waals surface area (Å²) in [5.74, 6) is -0.648. The van der Waals surface area contributed by atoms with E-state index in [1.807, 2.05) is 0 Å². The molecule has 0 aromatic heterocycles. The second-order valence-corrected chi connectivity index (χ2v) is 5.59. The van der Waals surface area contributed by atoms with Crippen molar-refractivity contribution in [2.24, 2.45) is 0 Å². The molecule has 0 aliphatic heterocycles. The van der Waals surface area contributed by atoms with Crippen LogP contribution in [-0.4, -0.2) is 6.03 Å². The third-order valence-corrected chi connectivity index (χ3v) is 3.80. The van der Waals surface area contributed by atoms with Crippen LogP contribution in [0.1, 0.15) is 11.1 Å². The van der Waals surface area contributed by atoms with Gasteiger partial charge in [0, 0.05) is 10.2 Å². The fraction of sp³-hybridized carbons (Fsp3) is 0.133. The predicted molar refractivity (Wildman–Crippen MR) is 82.9 cm³/mol. The summed E-state index contributed by atoms with van der Waals surface area (Å²) in [5, 5.41) is 4.48. The Bertz CT molecular complexity index is 747. The number of urea groups is 1. The number of anilines is 2. The molecule has 0 spiro atoms. The number of rotatable bonds is 2. The summed E-state index contributed by atoms with van der Waals surface area (Å²) in [6.07, 6.45) is -4.51. The van der Waals surface area contributed by atoms with Gasteiger partial charge in [-0.2, -0.15) is 13.2 Å². The van der Waals surface area contributed by atoms with Gasteiger partial charge in [0.15, 0.2) is 0 Å². The summed E-state index contributed by atoms with van der Waals surface area (Å²) in [6, 6.07) is 5.90. The van der Waals surface area contributed by atoms with Crippen molar-refractivity contribution < 1.29 is 22.4 Å². The fourth-order valence-electron chi connectivity index (χ4n) is 1.80. The molecule has 0 aliphatic rings. The van der Waals surface area contributed by atoms with E-state index >= 15 is 0 Å². The number of carbonyl (C=O) groups excluding carboxylic acids is 1. The molecule has 0 aliphatic carbocycles. The monoisotopic (exact) mass is 390 g/mol. The number of halogens is 5. The molecule has 0 radical (unpaired) electrons. The van der Waals surface area contributed by atoms with Gasteiger partial charge in [-0.1, -0.05) is 22.0 Å². The van der Waals surface area contributed by atoms with Crippen LogP contribution in [0.3, 0.4) is 0 Å². The Balaban J connectivity index is 2.13. The summed E-state index contributed by atoms with van der Waals surface area (Å²) in [7, 11) is 0. The Morgan fingerprint density at radius 2 is 1.83 bits per heavy atom. The summed E-state index contributed by atoms with van der Waals surface area (Å²) >= 11 is 3.20. The van der Waals surface area contributed by atoms with E-state index in [1.54, 1.807) is 6.92 Å². The SMILES string of the molecule is Cc1cc(F)c(NC(=O)Nc2cccc(C(F)(F)F)c2)cc1Br. The fourth-order valence-corrected chi connectivity index (χ4v) is 2.14. The van der Waals surface area contributed by atoms with Gasteiger partial charge in [0.25, 0.3) is 0 Å². The molecule has 0 atom stereocenters. The lowest BCUT2D eigenvalue weighted by Crippen LogP contribution is -2.20. The summed E-state index contributed by atoms with van der Waals surface area (Å²) in [5.41, 5.74) is -0.387. The lowest BCUT2D eigenvalue weighted by atomic mass is 10.2. The van der Waals surface area contributed by atoms with Crippen molar-refractivity contribution in [3.63, 3.8) is 0 Å². The standard InChI is InChI=1S/C15H11BrF4N2O/c1-8-5-12(17)13(7-11(8)16)22-14(23)21-10-4-2-3-9(6-10)15(18,19)20/h2-7H,1H3,(H2,21,22,23). The minimum atomic E-state index is -4.51. The van der Waals surface area contributed by atoms with E-state index in [9.17, 15) is 22.4 Å². The van der Waals surface area contributed by atoms with Crippen LogP contribution in [0, 0.1) is 12.7 Å². The van der Waals surface area contributed by atoms with Crippen molar-refractivity contribution in [1.29, 1.82) is 0 Å². The highest BCUT2D eigenvalue weighted by molar-refractivity contribution is 9.10. The number of aryl methyl sites for hydroxylation is 1. The van der Waals surface area contributed by atoms with Gasteiger partial charge in [-0.3, -0.25) is 0 Å². The Hall–Kier alpha value is -2.09. The van der Waals surface area contributed by atoms with Gasteiger partial charge in [-0.05, 0) is 42.8 Å². The Morgan fingerprint density at radius 3 is 2.48 bits per heavy atom. The second kappa shape index (κ2) is 6.57. The highest BCUT2D eigenvalue weighted by Gasteiger charge is 2.30. The van der Waals surface area contributed by atoms with Crippen molar-refractivity contribution in [3.8, 4) is 0 Å². The van der Waals surface area contributed by atoms with E-state index in [0.29, 0.717) is 10.0 Å². The number of hydrogen-bond acceptors (Lipinski definition) is 1. The molecule has 122 valence electrons. The Kier molecular flexibility index (Phi) is 4.93. The van der Waals surface area contributed by atoms with E-state index in [1.165, 1.54) is 24.3 Å². The smallest absolute Gasteiger partial charge is 0.308 e. The van der Waals surface area contributed by atoms with Crippen molar-refractivity contribution in [1.82, 2.24) is 0 Å². The number of carbonyl (C=O) groups is 1. The maximum atomic E-state index is 13.7. The molecule has 23 heavy (non-hydrogen) atoms. The van der Waals surface area contributed by atoms with Crippen molar-refractivity contribution in [2.75, 3.05) is 10.6 Å². The maximum Gasteiger partial charge on any atom is 0.416 e. The highest BCUT2D eigenvalue weighted by atomic mass is 79.9. The predicted octanol–water partition coefficient (Wildman–Crippen LogP) is 5.56. The molecule has 2 amide bonds. The molecule has 2 aromatic carbocycles. The first kappa shape index (κ1) is 17.3. The number of benzene rings is 2. The van der Waals surface area contributed by atoms with Gasteiger partial charge < -0.3 is 10.6 Å². The lowest BCUT2D eigenvalue weighted by molar-refractivity contribution is -0.137. The molecular formula is C15H11BrF4N2O. The van der Waals surface area contributed by atoms with E-state index in [-0.39, 0.29) is 11.4 Å². The first-order valence-electron chi connectivity index (χ1n) is 6.38. The molecule has 3 nitrogen and oxygen atoms in total. The first-order chi connectivity index (χ1) is 10.7. The zero-order chi connectivity index (χ0) is 17.2. The van der Waals surface area contributed by atoms with Crippen molar-refractivity contribution >= 4 is 33.3 Å². The van der Waals surface area contributed by atoms with Gasteiger partial charge in [0.2, 0.25) is 0 Å². The van der Waals surface area contributed by atoms with Crippen LogP contribution in [0.5, 0.6) is 0 Å². The van der Waals surface area contributed by atoms with Gasteiger partial charge >= 0.3 is 12.2 Å². The number of alkyl halides is 3. The molecule has 0 unspecified atom stereocenters. The number of nitrogens with one attached hydrogen (secondary N) is 2. The minimum absolute atomic E-state index is 0.0519. The lowest BCUT2D eigenvalue weighted by Gasteiger charge is -2.12. The van der Waals surface area contributed by atoms with Gasteiger partial charge in [-0.25, -0.2) is 9.18 Å². The molecule has 0 saturated carbocycles. The van der Waals surface area contributed by atoms with E-state index in [0.717, 1.165) is 12.1 Å². The quantitative estimate of drug-likeness (QED) is 0.647. The largest absolute Gasteiger partial charge is 0.416 e. The molecule has 2 N–H and O–H groups in total. The minimum Gasteiger partial charge on any atom is -0.308 e. The normalized spacial score (nSPS) is 11.2. The van der Waals surface area contributed by atoms with E-state index < -0.39 is 23.6 Å². The van der Waals surface area contributed by atoms with Crippen LogP contribution in [0.2, 0.25) is 0 Å². The summed E-state index contributed by atoms with van der Waals surface area (Å²) in [6.45, 7) is 1.68. The molecule has 2 aromatic rings. The molecule has 8 heteroatoms. The molecule has 0 bridgehead atoms. The average molecular weight is 391 g/mol. The Morgan fingerprint density at radius 1 is 1.13 bits per heavy atom. The highest BCUT2D eigenvalue weighted by Crippen LogP contribution is 2.30. The van der Waals surface area contributed by atoms with Crippen LogP contribution in [-0.2, 0) is 6.18 Å². The molecule has 0 fully saturated rings. The first-order valence-corrected chi connectivity index (χ1v) is 7.17. The molecule has 0 saturated heterocycles. The van der Waals surface area contributed by atoms with Crippen LogP contribution in [0.25, 0.3) is 0 Å². The van der Waals surface area contributed by atoms with Crippen LogP contribution >= 0.6 is 15.9 Å². The second-order valence-electron chi connectivity index (χ2n) is 4.74. The van der Waals surface area contributed by atoms with Gasteiger partial charge in [0.05, 0.1) is 11.3 Å². The van der Waals surface area contributed by atoms with Crippen LogP contribution in [0.4, 0.5) is 33.7 Å².